The van der Waals surface area contributed by atoms with Crippen LogP contribution in [0.3, 0.4) is 0 Å². The fourth-order valence-electron chi connectivity index (χ4n) is 2.05. The molecule has 2 aromatic carbocycles. The molecule has 0 radical (unpaired) electrons. The van der Waals surface area contributed by atoms with E-state index in [1.54, 1.807) is 57.2 Å². The summed E-state index contributed by atoms with van der Waals surface area (Å²) in [5.74, 6) is 0.191. The molecule has 140 valence electrons. The minimum atomic E-state index is -3.88. The summed E-state index contributed by atoms with van der Waals surface area (Å²) >= 11 is 0. The molecule has 0 saturated heterocycles. The zero-order chi connectivity index (χ0) is 19.2. The van der Waals surface area contributed by atoms with Crippen LogP contribution in [0.15, 0.2) is 54.6 Å². The van der Waals surface area contributed by atoms with Gasteiger partial charge in [0.2, 0.25) is 0 Å². The highest BCUT2D eigenvalue weighted by atomic mass is 31.2. The third kappa shape index (κ3) is 6.21. The first-order chi connectivity index (χ1) is 12.3. The van der Waals surface area contributed by atoms with Gasteiger partial charge in [0.25, 0.3) is 0 Å². The lowest BCUT2D eigenvalue weighted by Crippen LogP contribution is -2.36. The van der Waals surface area contributed by atoms with Gasteiger partial charge >= 0.3 is 13.7 Å². The molecule has 0 bridgehead atoms. The van der Waals surface area contributed by atoms with Crippen molar-refractivity contribution in [3.8, 4) is 11.5 Å². The second-order valence-electron chi connectivity index (χ2n) is 6.14. The van der Waals surface area contributed by atoms with Crippen molar-refractivity contribution < 1.29 is 23.1 Å². The minimum Gasteiger partial charge on any atom is -0.462 e. The van der Waals surface area contributed by atoms with Crippen LogP contribution in [0.1, 0.15) is 26.3 Å². The van der Waals surface area contributed by atoms with Gasteiger partial charge in [0.05, 0.1) is 6.10 Å². The Hall–Kier alpha value is -2.30. The summed E-state index contributed by atoms with van der Waals surface area (Å²) < 4.78 is 29.6. The molecular formula is C19H24NO5P. The van der Waals surface area contributed by atoms with Crippen LogP contribution >= 0.6 is 7.75 Å². The van der Waals surface area contributed by atoms with Crippen LogP contribution < -0.4 is 14.1 Å². The van der Waals surface area contributed by atoms with Crippen LogP contribution in [0.25, 0.3) is 0 Å². The Morgan fingerprint density at radius 2 is 1.46 bits per heavy atom. The first-order valence-electron chi connectivity index (χ1n) is 8.36. The summed E-state index contributed by atoms with van der Waals surface area (Å²) in [5, 5.41) is 2.65. The number of hydrogen-bond acceptors (Lipinski definition) is 5. The number of carbonyl (C=O) groups excluding carboxylic acids is 1. The van der Waals surface area contributed by atoms with E-state index in [0.29, 0.717) is 11.5 Å². The molecule has 0 spiro atoms. The van der Waals surface area contributed by atoms with E-state index in [0.717, 1.165) is 5.56 Å². The van der Waals surface area contributed by atoms with Crippen LogP contribution in [0.5, 0.6) is 11.5 Å². The molecule has 2 aromatic rings. The van der Waals surface area contributed by atoms with Gasteiger partial charge in [-0.1, -0.05) is 35.9 Å². The number of hydrogen-bond donors (Lipinski definition) is 1. The van der Waals surface area contributed by atoms with Gasteiger partial charge in [-0.15, -0.1) is 0 Å². The van der Waals surface area contributed by atoms with E-state index in [-0.39, 0.29) is 6.10 Å². The van der Waals surface area contributed by atoms with Gasteiger partial charge in [-0.3, -0.25) is 4.79 Å². The first-order valence-corrected chi connectivity index (χ1v) is 9.91. The van der Waals surface area contributed by atoms with E-state index in [1.807, 2.05) is 25.1 Å². The van der Waals surface area contributed by atoms with E-state index in [1.165, 1.54) is 0 Å². The summed E-state index contributed by atoms with van der Waals surface area (Å²) in [6.07, 6.45) is -0.279. The average Bonchev–Trinajstić information content (AvgIpc) is 2.57. The predicted molar refractivity (Wildman–Crippen MR) is 100 cm³/mol. The highest BCUT2D eigenvalue weighted by Crippen LogP contribution is 2.45. The third-order valence-corrected chi connectivity index (χ3v) is 4.88. The number of esters is 1. The number of para-hydroxylation sites is 1. The Balaban J connectivity index is 2.21. The van der Waals surface area contributed by atoms with Crippen molar-refractivity contribution in [1.29, 1.82) is 0 Å². The smallest absolute Gasteiger partial charge is 0.462 e. The highest BCUT2D eigenvalue weighted by Gasteiger charge is 2.34. The Morgan fingerprint density at radius 3 is 2.00 bits per heavy atom. The summed E-state index contributed by atoms with van der Waals surface area (Å²) in [6.45, 7) is 6.97. The quantitative estimate of drug-likeness (QED) is 0.540. The lowest BCUT2D eigenvalue weighted by Gasteiger charge is -2.23. The average molecular weight is 377 g/mol. The molecule has 6 nitrogen and oxygen atoms in total. The molecule has 0 amide bonds. The number of carbonyl (C=O) groups is 1. The van der Waals surface area contributed by atoms with Crippen molar-refractivity contribution in [2.75, 3.05) is 0 Å². The molecular weight excluding hydrogens is 353 g/mol. The van der Waals surface area contributed by atoms with Crippen molar-refractivity contribution in [3.63, 3.8) is 0 Å². The van der Waals surface area contributed by atoms with Gasteiger partial charge in [0, 0.05) is 0 Å². The normalized spacial score (nSPS) is 14.3. The van der Waals surface area contributed by atoms with Gasteiger partial charge in [-0.25, -0.2) is 4.57 Å². The molecule has 7 heteroatoms. The van der Waals surface area contributed by atoms with E-state index < -0.39 is 19.8 Å². The Labute approximate surface area is 154 Å². The molecule has 1 N–H and O–H groups in total. The molecule has 0 aromatic heterocycles. The lowest BCUT2D eigenvalue weighted by molar-refractivity contribution is -0.149. The monoisotopic (exact) mass is 377 g/mol. The van der Waals surface area contributed by atoms with Crippen LogP contribution in [0, 0.1) is 6.92 Å². The fraction of sp³-hybridized carbons (Fsp3) is 0.316. The highest BCUT2D eigenvalue weighted by molar-refractivity contribution is 7.52. The molecule has 0 heterocycles. The molecule has 0 aliphatic rings. The summed E-state index contributed by atoms with van der Waals surface area (Å²) in [6, 6.07) is 14.8. The Morgan fingerprint density at radius 1 is 0.923 bits per heavy atom. The maximum atomic E-state index is 13.3. The number of aryl methyl sites for hydroxylation is 1. The topological polar surface area (TPSA) is 73.9 Å². The molecule has 0 saturated carbocycles. The Bertz CT molecular complexity index is 761. The van der Waals surface area contributed by atoms with E-state index in [2.05, 4.69) is 5.09 Å². The van der Waals surface area contributed by atoms with Crippen LogP contribution in [0.4, 0.5) is 0 Å². The van der Waals surface area contributed by atoms with Crippen molar-refractivity contribution in [2.24, 2.45) is 0 Å². The number of ether oxygens (including phenoxy) is 1. The van der Waals surface area contributed by atoms with Gasteiger partial charge in [0.15, 0.2) is 0 Å². The van der Waals surface area contributed by atoms with Crippen LogP contribution in [-0.2, 0) is 14.1 Å². The predicted octanol–water partition coefficient (Wildman–Crippen LogP) is 4.49. The van der Waals surface area contributed by atoms with Gasteiger partial charge in [0.1, 0.15) is 17.5 Å². The zero-order valence-corrected chi connectivity index (χ0v) is 16.2. The van der Waals surface area contributed by atoms with Crippen LogP contribution in [-0.4, -0.2) is 18.1 Å². The van der Waals surface area contributed by atoms with Gasteiger partial charge in [-0.2, -0.15) is 5.09 Å². The molecule has 2 atom stereocenters. The van der Waals surface area contributed by atoms with Crippen LogP contribution in [0.2, 0.25) is 0 Å². The van der Waals surface area contributed by atoms with E-state index in [4.69, 9.17) is 13.8 Å². The van der Waals surface area contributed by atoms with Crippen molar-refractivity contribution >= 4 is 13.7 Å². The second-order valence-corrected chi connectivity index (χ2v) is 7.76. The number of rotatable bonds is 8. The Kier molecular flexibility index (Phi) is 6.83. The summed E-state index contributed by atoms with van der Waals surface area (Å²) in [4.78, 5) is 12.1. The maximum absolute atomic E-state index is 13.3. The molecule has 0 fully saturated rings. The number of benzene rings is 2. The van der Waals surface area contributed by atoms with Gasteiger partial charge < -0.3 is 13.8 Å². The summed E-state index contributed by atoms with van der Waals surface area (Å²) in [5.41, 5.74) is 1.04. The minimum absolute atomic E-state index is 0.279. The maximum Gasteiger partial charge on any atom is 0.513 e. The fourth-order valence-corrected chi connectivity index (χ4v) is 3.57. The van der Waals surface area contributed by atoms with E-state index in [9.17, 15) is 9.36 Å². The third-order valence-electron chi connectivity index (χ3n) is 3.27. The molecule has 0 aliphatic carbocycles. The lowest BCUT2D eigenvalue weighted by atomic mass is 10.2. The van der Waals surface area contributed by atoms with Crippen molar-refractivity contribution in [3.05, 3.63) is 60.2 Å². The standard InChI is InChI=1S/C19H24NO5P/c1-14(2)23-19(21)16(4)20-26(22,24-17-8-6-5-7-9-17)25-18-12-10-15(3)11-13-18/h5-14,16H,1-4H3,(H,20,22)/t16-,26+/m0/s1. The van der Waals surface area contributed by atoms with Crippen molar-refractivity contribution in [1.82, 2.24) is 5.09 Å². The van der Waals surface area contributed by atoms with Crippen molar-refractivity contribution in [2.45, 2.75) is 39.8 Å². The molecule has 0 aliphatic heterocycles. The largest absolute Gasteiger partial charge is 0.513 e. The summed E-state index contributed by atoms with van der Waals surface area (Å²) in [7, 11) is -3.88. The molecule has 26 heavy (non-hydrogen) atoms. The molecule has 2 rings (SSSR count). The SMILES string of the molecule is Cc1ccc(O[P@@](=O)(N[C@@H](C)C(=O)OC(C)C)Oc2ccccc2)cc1. The van der Waals surface area contributed by atoms with E-state index >= 15 is 0 Å². The molecule has 0 unspecified atom stereocenters. The van der Waals surface area contributed by atoms with Gasteiger partial charge in [-0.05, 0) is 52.0 Å². The number of nitrogens with one attached hydrogen (secondary N) is 1. The second kappa shape index (κ2) is 8.88. The first kappa shape index (κ1) is 20.0. The zero-order valence-electron chi connectivity index (χ0n) is 15.3.